The number of anilines is 1. The first-order valence-electron chi connectivity index (χ1n) is 7.46. The molecule has 1 aromatic carbocycles. The molecule has 0 amide bonds. The van der Waals surface area contributed by atoms with E-state index in [-0.39, 0.29) is 0 Å². The number of rotatable bonds is 2. The van der Waals surface area contributed by atoms with Crippen LogP contribution < -0.4 is 4.90 Å². The Hall–Kier alpha value is -1.05. The average molecular weight is 334 g/mol. The molecule has 2 fully saturated rings. The van der Waals surface area contributed by atoms with Crippen LogP contribution in [0.2, 0.25) is 0 Å². The van der Waals surface area contributed by atoms with Crippen molar-refractivity contribution >= 4 is 21.6 Å². The van der Waals surface area contributed by atoms with Gasteiger partial charge in [-0.3, -0.25) is 4.90 Å². The van der Waals surface area contributed by atoms with E-state index in [0.29, 0.717) is 11.6 Å². The highest BCUT2D eigenvalue weighted by Crippen LogP contribution is 2.31. The normalized spacial score (nSPS) is 23.8. The highest BCUT2D eigenvalue weighted by molar-refractivity contribution is 9.10. The van der Waals surface area contributed by atoms with Gasteiger partial charge in [0.2, 0.25) is 0 Å². The molecule has 3 nitrogen and oxygen atoms in total. The zero-order valence-electron chi connectivity index (χ0n) is 11.7. The van der Waals surface area contributed by atoms with Crippen LogP contribution in [0.5, 0.6) is 0 Å². The molecule has 3 rings (SSSR count). The molecule has 1 aromatic rings. The van der Waals surface area contributed by atoms with Crippen LogP contribution in [0.3, 0.4) is 0 Å². The van der Waals surface area contributed by atoms with Crippen LogP contribution >= 0.6 is 15.9 Å². The Bertz CT molecular complexity index is 517. The number of nitrogens with zero attached hydrogens (tertiary/aromatic N) is 3. The summed E-state index contributed by atoms with van der Waals surface area (Å²) in [6.45, 7) is 4.77. The summed E-state index contributed by atoms with van der Waals surface area (Å²) in [6, 6.07) is 8.80. The molecule has 0 N–H and O–H groups in total. The second kappa shape index (κ2) is 6.15. The van der Waals surface area contributed by atoms with E-state index in [1.165, 1.54) is 44.5 Å². The molecule has 2 saturated heterocycles. The van der Waals surface area contributed by atoms with Crippen molar-refractivity contribution in [1.82, 2.24) is 4.90 Å². The van der Waals surface area contributed by atoms with Crippen molar-refractivity contribution in [2.24, 2.45) is 0 Å². The van der Waals surface area contributed by atoms with Crippen LogP contribution in [-0.4, -0.2) is 37.1 Å². The van der Waals surface area contributed by atoms with Gasteiger partial charge in [-0.2, -0.15) is 5.26 Å². The maximum absolute atomic E-state index is 8.94. The Labute approximate surface area is 129 Å². The predicted octanol–water partition coefficient (Wildman–Crippen LogP) is 3.39. The van der Waals surface area contributed by atoms with Crippen LogP contribution in [-0.2, 0) is 0 Å². The zero-order valence-corrected chi connectivity index (χ0v) is 13.3. The molecule has 1 unspecified atom stereocenters. The quantitative estimate of drug-likeness (QED) is 0.831. The summed E-state index contributed by atoms with van der Waals surface area (Å²) >= 11 is 3.61. The molecule has 2 heterocycles. The average Bonchev–Trinajstić information content (AvgIpc) is 2.97. The highest BCUT2D eigenvalue weighted by Gasteiger charge is 2.29. The number of benzene rings is 1. The molecule has 0 spiro atoms. The molecule has 0 bridgehead atoms. The third-order valence-electron chi connectivity index (χ3n) is 4.49. The Morgan fingerprint density at radius 1 is 1.15 bits per heavy atom. The third kappa shape index (κ3) is 2.84. The molecule has 0 aromatic heterocycles. The predicted molar refractivity (Wildman–Crippen MR) is 84.9 cm³/mol. The van der Waals surface area contributed by atoms with E-state index in [4.69, 9.17) is 5.26 Å². The molecule has 0 radical (unpaired) electrons. The van der Waals surface area contributed by atoms with E-state index in [1.807, 2.05) is 12.1 Å². The number of hydrogen-bond donors (Lipinski definition) is 0. The lowest BCUT2D eigenvalue weighted by Gasteiger charge is -2.32. The van der Waals surface area contributed by atoms with Crippen molar-refractivity contribution in [3.8, 4) is 6.07 Å². The minimum Gasteiger partial charge on any atom is -0.369 e. The first kappa shape index (κ1) is 13.9. The van der Waals surface area contributed by atoms with Gasteiger partial charge in [0.1, 0.15) is 0 Å². The van der Waals surface area contributed by atoms with Gasteiger partial charge < -0.3 is 4.90 Å². The molecular weight excluding hydrogens is 314 g/mol. The van der Waals surface area contributed by atoms with Gasteiger partial charge in [-0.15, -0.1) is 0 Å². The van der Waals surface area contributed by atoms with Gasteiger partial charge in [0.05, 0.1) is 17.3 Å². The Morgan fingerprint density at radius 3 is 2.65 bits per heavy atom. The molecular formula is C16H20BrN3. The summed E-state index contributed by atoms with van der Waals surface area (Å²) in [5.41, 5.74) is 1.94. The van der Waals surface area contributed by atoms with Crippen molar-refractivity contribution in [3.63, 3.8) is 0 Å². The van der Waals surface area contributed by atoms with Gasteiger partial charge in [-0.25, -0.2) is 0 Å². The summed E-state index contributed by atoms with van der Waals surface area (Å²) in [7, 11) is 0. The Balaban J connectivity index is 1.69. The van der Waals surface area contributed by atoms with Crippen LogP contribution in [0.4, 0.5) is 5.69 Å². The fourth-order valence-corrected chi connectivity index (χ4v) is 4.00. The van der Waals surface area contributed by atoms with Gasteiger partial charge >= 0.3 is 0 Å². The Kier molecular flexibility index (Phi) is 4.28. The monoisotopic (exact) mass is 333 g/mol. The number of likely N-dealkylation sites (tertiary alicyclic amines) is 1. The van der Waals surface area contributed by atoms with E-state index in [9.17, 15) is 0 Å². The van der Waals surface area contributed by atoms with Crippen LogP contribution in [0.15, 0.2) is 22.7 Å². The maximum atomic E-state index is 8.94. The molecule has 0 aliphatic carbocycles. The summed E-state index contributed by atoms with van der Waals surface area (Å²) < 4.78 is 1.04. The standard InChI is InChI=1S/C16H20BrN3/c17-15-10-13(11-18)4-5-16(15)20-9-6-14(12-20)19-7-2-1-3-8-19/h4-5,10,14H,1-3,6-9,12H2. The van der Waals surface area contributed by atoms with Gasteiger partial charge in [-0.05, 0) is 66.5 Å². The SMILES string of the molecule is N#Cc1ccc(N2CCC(N3CCCCC3)C2)c(Br)c1. The van der Waals surface area contributed by atoms with Gasteiger partial charge in [-0.1, -0.05) is 6.42 Å². The van der Waals surface area contributed by atoms with Crippen molar-refractivity contribution in [2.75, 3.05) is 31.1 Å². The second-order valence-electron chi connectivity index (χ2n) is 5.76. The van der Waals surface area contributed by atoms with Crippen molar-refractivity contribution in [2.45, 2.75) is 31.7 Å². The first-order chi connectivity index (χ1) is 9.78. The van der Waals surface area contributed by atoms with Crippen LogP contribution in [0.25, 0.3) is 0 Å². The fourth-order valence-electron chi connectivity index (χ4n) is 3.38. The van der Waals surface area contributed by atoms with Gasteiger partial charge in [0, 0.05) is 23.6 Å². The molecule has 0 saturated carbocycles. The smallest absolute Gasteiger partial charge is 0.0992 e. The lowest BCUT2D eigenvalue weighted by molar-refractivity contribution is 0.175. The fraction of sp³-hybridized carbons (Fsp3) is 0.562. The minimum absolute atomic E-state index is 0.706. The summed E-state index contributed by atoms with van der Waals surface area (Å²) in [5, 5.41) is 8.94. The molecule has 106 valence electrons. The highest BCUT2D eigenvalue weighted by atomic mass is 79.9. The van der Waals surface area contributed by atoms with E-state index < -0.39 is 0 Å². The van der Waals surface area contributed by atoms with Crippen LogP contribution in [0.1, 0.15) is 31.2 Å². The lowest BCUT2D eigenvalue weighted by Crippen LogP contribution is -2.40. The lowest BCUT2D eigenvalue weighted by atomic mass is 10.1. The molecule has 2 aliphatic rings. The maximum Gasteiger partial charge on any atom is 0.0992 e. The largest absolute Gasteiger partial charge is 0.369 e. The van der Waals surface area contributed by atoms with E-state index in [2.05, 4.69) is 37.9 Å². The van der Waals surface area contributed by atoms with Crippen LogP contribution in [0, 0.1) is 11.3 Å². The van der Waals surface area contributed by atoms with E-state index >= 15 is 0 Å². The molecule has 2 aliphatic heterocycles. The topological polar surface area (TPSA) is 30.3 Å². The number of nitriles is 1. The number of halogens is 1. The van der Waals surface area contributed by atoms with Gasteiger partial charge in [0.25, 0.3) is 0 Å². The summed E-state index contributed by atoms with van der Waals surface area (Å²) in [5.74, 6) is 0. The van der Waals surface area contributed by atoms with Crippen molar-refractivity contribution in [1.29, 1.82) is 5.26 Å². The zero-order chi connectivity index (χ0) is 13.9. The first-order valence-corrected chi connectivity index (χ1v) is 8.26. The second-order valence-corrected chi connectivity index (χ2v) is 6.62. The van der Waals surface area contributed by atoms with Gasteiger partial charge in [0.15, 0.2) is 0 Å². The third-order valence-corrected chi connectivity index (χ3v) is 5.12. The summed E-state index contributed by atoms with van der Waals surface area (Å²) in [4.78, 5) is 5.12. The Morgan fingerprint density at radius 2 is 1.95 bits per heavy atom. The van der Waals surface area contributed by atoms with E-state index in [1.54, 1.807) is 0 Å². The minimum atomic E-state index is 0.706. The molecule has 4 heteroatoms. The van der Waals surface area contributed by atoms with E-state index in [0.717, 1.165) is 17.6 Å². The van der Waals surface area contributed by atoms with Crippen molar-refractivity contribution in [3.05, 3.63) is 28.2 Å². The summed E-state index contributed by atoms with van der Waals surface area (Å²) in [6.07, 6.45) is 5.37. The van der Waals surface area contributed by atoms with Crippen molar-refractivity contribution < 1.29 is 0 Å². The number of piperidine rings is 1. The molecule has 1 atom stereocenters. The molecule has 20 heavy (non-hydrogen) atoms. The number of hydrogen-bond acceptors (Lipinski definition) is 3.